The molecule has 1 aromatic heterocycles. The number of nitrogens with zero attached hydrogens (tertiary/aromatic N) is 1. The first-order valence-corrected chi connectivity index (χ1v) is 9.66. The van der Waals surface area contributed by atoms with E-state index in [9.17, 15) is 14.7 Å². The number of aromatic carboxylic acids is 1. The van der Waals surface area contributed by atoms with Crippen LogP contribution in [0.4, 0.5) is 5.69 Å². The summed E-state index contributed by atoms with van der Waals surface area (Å²) in [7, 11) is 0. The second-order valence-corrected chi connectivity index (χ2v) is 7.28. The van der Waals surface area contributed by atoms with Crippen LogP contribution in [0.25, 0.3) is 22.2 Å². The third kappa shape index (κ3) is 3.74. The van der Waals surface area contributed by atoms with Gasteiger partial charge in [-0.2, -0.15) is 0 Å². The minimum absolute atomic E-state index is 0.0874. The summed E-state index contributed by atoms with van der Waals surface area (Å²) in [5, 5.41) is 13.2. The average molecular weight is 374 g/mol. The van der Waals surface area contributed by atoms with Crippen LogP contribution >= 0.6 is 0 Å². The Hall–Kier alpha value is -3.21. The molecule has 0 unspecified atom stereocenters. The molecule has 28 heavy (non-hydrogen) atoms. The van der Waals surface area contributed by atoms with Crippen molar-refractivity contribution in [2.24, 2.45) is 5.92 Å². The maximum atomic E-state index is 12.4. The fourth-order valence-electron chi connectivity index (χ4n) is 3.83. The summed E-state index contributed by atoms with van der Waals surface area (Å²) in [6.07, 6.45) is 5.38. The van der Waals surface area contributed by atoms with Gasteiger partial charge < -0.3 is 10.4 Å². The largest absolute Gasteiger partial charge is 0.478 e. The first-order valence-electron chi connectivity index (χ1n) is 9.66. The van der Waals surface area contributed by atoms with Crippen LogP contribution in [0.3, 0.4) is 0 Å². The summed E-state index contributed by atoms with van der Waals surface area (Å²) >= 11 is 0. The molecule has 0 atom stereocenters. The van der Waals surface area contributed by atoms with Crippen LogP contribution in [0.1, 0.15) is 42.5 Å². The number of para-hydroxylation sites is 1. The maximum Gasteiger partial charge on any atom is 0.336 e. The molecule has 0 saturated heterocycles. The fraction of sp³-hybridized carbons (Fsp3) is 0.261. The number of fused-ring (bicyclic) bond motifs is 1. The highest BCUT2D eigenvalue weighted by Crippen LogP contribution is 2.27. The first-order chi connectivity index (χ1) is 13.6. The van der Waals surface area contributed by atoms with Gasteiger partial charge in [0.15, 0.2) is 0 Å². The van der Waals surface area contributed by atoms with Crippen LogP contribution < -0.4 is 5.32 Å². The molecule has 5 nitrogen and oxygen atoms in total. The zero-order chi connectivity index (χ0) is 19.5. The topological polar surface area (TPSA) is 79.3 Å². The van der Waals surface area contributed by atoms with Gasteiger partial charge >= 0.3 is 5.97 Å². The van der Waals surface area contributed by atoms with Crippen molar-refractivity contribution in [2.75, 3.05) is 5.32 Å². The SMILES string of the molecule is O=C(O)c1cc(-c2ccc(NC(=O)C3CCCCC3)cc2)nc2ccccc12. The molecule has 0 spiro atoms. The van der Waals surface area contributed by atoms with E-state index in [-0.39, 0.29) is 17.4 Å². The van der Waals surface area contributed by atoms with Gasteiger partial charge in [-0.05, 0) is 37.1 Å². The Balaban J connectivity index is 1.58. The molecular weight excluding hydrogens is 352 g/mol. The van der Waals surface area contributed by atoms with Gasteiger partial charge in [0.25, 0.3) is 0 Å². The third-order valence-electron chi connectivity index (χ3n) is 5.37. The number of nitrogens with one attached hydrogen (secondary N) is 1. The zero-order valence-corrected chi connectivity index (χ0v) is 15.5. The van der Waals surface area contributed by atoms with E-state index in [0.717, 1.165) is 36.9 Å². The number of hydrogen-bond acceptors (Lipinski definition) is 3. The number of carbonyl (C=O) groups is 2. The Bertz CT molecular complexity index is 1020. The molecule has 2 N–H and O–H groups in total. The van der Waals surface area contributed by atoms with Gasteiger partial charge in [-0.15, -0.1) is 0 Å². The van der Waals surface area contributed by atoms with Gasteiger partial charge in [0, 0.05) is 22.6 Å². The molecule has 1 fully saturated rings. The van der Waals surface area contributed by atoms with E-state index < -0.39 is 5.97 Å². The van der Waals surface area contributed by atoms with E-state index in [0.29, 0.717) is 16.6 Å². The number of rotatable bonds is 4. The van der Waals surface area contributed by atoms with Crippen molar-refractivity contribution >= 4 is 28.5 Å². The Morgan fingerprint density at radius 2 is 1.68 bits per heavy atom. The molecule has 1 amide bonds. The minimum Gasteiger partial charge on any atom is -0.478 e. The molecule has 0 aliphatic heterocycles. The van der Waals surface area contributed by atoms with Gasteiger partial charge in [-0.1, -0.05) is 49.6 Å². The molecule has 3 aromatic rings. The number of pyridine rings is 1. The summed E-state index contributed by atoms with van der Waals surface area (Å²) in [6.45, 7) is 0. The smallest absolute Gasteiger partial charge is 0.336 e. The molecule has 1 aliphatic carbocycles. The second-order valence-electron chi connectivity index (χ2n) is 7.28. The summed E-state index contributed by atoms with van der Waals surface area (Å²) in [5.41, 5.74) is 3.03. The van der Waals surface area contributed by atoms with Crippen molar-refractivity contribution in [1.29, 1.82) is 0 Å². The third-order valence-corrected chi connectivity index (χ3v) is 5.37. The van der Waals surface area contributed by atoms with E-state index in [1.54, 1.807) is 18.2 Å². The molecule has 142 valence electrons. The molecule has 1 heterocycles. The number of amides is 1. The lowest BCUT2D eigenvalue weighted by Gasteiger charge is -2.20. The van der Waals surface area contributed by atoms with Gasteiger partial charge in [0.05, 0.1) is 16.8 Å². The summed E-state index contributed by atoms with van der Waals surface area (Å²) in [5.74, 6) is -0.783. The quantitative estimate of drug-likeness (QED) is 0.664. The van der Waals surface area contributed by atoms with Crippen LogP contribution in [-0.2, 0) is 4.79 Å². The molecule has 0 radical (unpaired) electrons. The fourth-order valence-corrected chi connectivity index (χ4v) is 3.83. The number of hydrogen-bond donors (Lipinski definition) is 2. The van der Waals surface area contributed by atoms with E-state index in [2.05, 4.69) is 10.3 Å². The molecule has 0 bridgehead atoms. The van der Waals surface area contributed by atoms with Crippen molar-refractivity contribution in [2.45, 2.75) is 32.1 Å². The van der Waals surface area contributed by atoms with Crippen LogP contribution in [0, 0.1) is 5.92 Å². The number of anilines is 1. The van der Waals surface area contributed by atoms with Gasteiger partial charge in [0.2, 0.25) is 5.91 Å². The van der Waals surface area contributed by atoms with Gasteiger partial charge in [-0.25, -0.2) is 9.78 Å². The highest BCUT2D eigenvalue weighted by molar-refractivity contribution is 6.03. The standard InChI is InChI=1S/C23H22N2O3/c26-22(16-6-2-1-3-7-16)24-17-12-10-15(11-13-17)21-14-19(23(27)28)18-8-4-5-9-20(18)25-21/h4-5,8-14,16H,1-3,6-7H2,(H,24,26)(H,27,28). The van der Waals surface area contributed by atoms with Crippen molar-refractivity contribution in [3.05, 3.63) is 60.2 Å². The molecule has 2 aromatic carbocycles. The Morgan fingerprint density at radius 1 is 0.964 bits per heavy atom. The zero-order valence-electron chi connectivity index (χ0n) is 15.5. The van der Waals surface area contributed by atoms with E-state index in [4.69, 9.17) is 0 Å². The van der Waals surface area contributed by atoms with Gasteiger partial charge in [0.1, 0.15) is 0 Å². The average Bonchev–Trinajstić information content (AvgIpc) is 2.74. The minimum atomic E-state index is -0.976. The van der Waals surface area contributed by atoms with Crippen LogP contribution in [0.15, 0.2) is 54.6 Å². The monoisotopic (exact) mass is 374 g/mol. The lowest BCUT2D eigenvalue weighted by atomic mass is 9.88. The highest BCUT2D eigenvalue weighted by Gasteiger charge is 2.21. The molecule has 1 aliphatic rings. The Labute approximate surface area is 163 Å². The normalized spacial score (nSPS) is 14.7. The van der Waals surface area contributed by atoms with Crippen LogP contribution in [-0.4, -0.2) is 22.0 Å². The Morgan fingerprint density at radius 3 is 2.39 bits per heavy atom. The molecule has 5 heteroatoms. The lowest BCUT2D eigenvalue weighted by Crippen LogP contribution is -2.24. The summed E-state index contributed by atoms with van der Waals surface area (Å²) in [4.78, 5) is 28.7. The van der Waals surface area contributed by atoms with Crippen molar-refractivity contribution in [3.8, 4) is 11.3 Å². The second kappa shape index (κ2) is 7.80. The van der Waals surface area contributed by atoms with Crippen LogP contribution in [0.5, 0.6) is 0 Å². The van der Waals surface area contributed by atoms with Crippen molar-refractivity contribution in [3.63, 3.8) is 0 Å². The van der Waals surface area contributed by atoms with Crippen molar-refractivity contribution < 1.29 is 14.7 Å². The predicted octanol–water partition coefficient (Wildman–Crippen LogP) is 5.12. The number of benzene rings is 2. The molecular formula is C23H22N2O3. The Kier molecular flexibility index (Phi) is 5.06. The van der Waals surface area contributed by atoms with E-state index in [1.807, 2.05) is 36.4 Å². The number of carbonyl (C=O) groups excluding carboxylic acids is 1. The molecule has 4 rings (SSSR count). The number of carboxylic acids is 1. The number of carboxylic acid groups (broad SMARTS) is 1. The number of aromatic nitrogens is 1. The molecule has 1 saturated carbocycles. The highest BCUT2D eigenvalue weighted by atomic mass is 16.4. The first kappa shape index (κ1) is 18.2. The predicted molar refractivity (Wildman–Crippen MR) is 109 cm³/mol. The van der Waals surface area contributed by atoms with Crippen LogP contribution in [0.2, 0.25) is 0 Å². The maximum absolute atomic E-state index is 12.4. The van der Waals surface area contributed by atoms with Crippen molar-refractivity contribution in [1.82, 2.24) is 4.98 Å². The summed E-state index contributed by atoms with van der Waals surface area (Å²) in [6, 6.07) is 16.2. The lowest BCUT2D eigenvalue weighted by molar-refractivity contribution is -0.120. The van der Waals surface area contributed by atoms with E-state index in [1.165, 1.54) is 6.42 Å². The summed E-state index contributed by atoms with van der Waals surface area (Å²) < 4.78 is 0. The van der Waals surface area contributed by atoms with Gasteiger partial charge in [-0.3, -0.25) is 4.79 Å². The van der Waals surface area contributed by atoms with E-state index >= 15 is 0 Å².